The number of carbonyl (C=O) groups is 1. The van der Waals surface area contributed by atoms with Gasteiger partial charge in [-0.25, -0.2) is 4.79 Å². The Kier molecular flexibility index (Phi) is 3.72. The predicted molar refractivity (Wildman–Crippen MR) is 112 cm³/mol. The number of fused-ring (bicyclic) bond motifs is 2. The number of phenolic OH excluding ortho intramolecular Hbond substituents is 2. The van der Waals surface area contributed by atoms with Crippen molar-refractivity contribution >= 4 is 11.7 Å². The minimum Gasteiger partial charge on any atom is -0.508 e. The van der Waals surface area contributed by atoms with E-state index in [2.05, 4.69) is 5.32 Å². The number of rotatable bonds is 5. The number of esters is 1. The molecule has 156 valence electrons. The summed E-state index contributed by atoms with van der Waals surface area (Å²) in [5.41, 5.74) is 2.13. The first-order valence-electron chi connectivity index (χ1n) is 11.0. The number of aromatic hydroxyl groups is 2. The van der Waals surface area contributed by atoms with Crippen LogP contribution in [-0.4, -0.2) is 21.8 Å². The average molecular weight is 405 g/mol. The minimum absolute atomic E-state index is 0.116. The molecular formula is C25H27NO4. The fourth-order valence-electron chi connectivity index (χ4n) is 7.35. The highest BCUT2D eigenvalue weighted by atomic mass is 16.6. The minimum atomic E-state index is -0.200. The highest BCUT2D eigenvalue weighted by molar-refractivity contribution is 5.90. The highest BCUT2D eigenvalue weighted by Gasteiger charge is 2.76. The first kappa shape index (κ1) is 18.1. The van der Waals surface area contributed by atoms with Gasteiger partial charge in [0.15, 0.2) is 0 Å². The lowest BCUT2D eigenvalue weighted by molar-refractivity contribution is -0.179. The Morgan fingerprint density at radius 2 is 1.80 bits per heavy atom. The highest BCUT2D eigenvalue weighted by Crippen LogP contribution is 2.78. The average Bonchev–Trinajstić information content (AvgIpc) is 3.04. The van der Waals surface area contributed by atoms with E-state index >= 15 is 0 Å². The Morgan fingerprint density at radius 1 is 1.00 bits per heavy atom. The Hall–Kier alpha value is -2.69. The van der Waals surface area contributed by atoms with Gasteiger partial charge in [-0.05, 0) is 98.7 Å². The number of benzene rings is 2. The molecule has 3 bridgehead atoms. The third kappa shape index (κ3) is 2.50. The maximum Gasteiger partial charge on any atom is 0.338 e. The molecule has 2 aromatic rings. The fourth-order valence-corrected chi connectivity index (χ4v) is 7.35. The van der Waals surface area contributed by atoms with Crippen LogP contribution in [0.15, 0.2) is 42.5 Å². The first-order chi connectivity index (χ1) is 14.5. The van der Waals surface area contributed by atoms with E-state index in [4.69, 9.17) is 4.74 Å². The van der Waals surface area contributed by atoms with Crippen molar-refractivity contribution in [3.63, 3.8) is 0 Å². The number of carbonyl (C=O) groups excluding carboxylic acids is 1. The molecule has 30 heavy (non-hydrogen) atoms. The number of ether oxygens (including phenoxy) is 1. The molecule has 0 aliphatic heterocycles. The first-order valence-corrected chi connectivity index (χ1v) is 11.0. The second-order valence-electron chi connectivity index (χ2n) is 10.0. The molecule has 4 saturated carbocycles. The van der Waals surface area contributed by atoms with Gasteiger partial charge in [0.2, 0.25) is 0 Å². The second kappa shape index (κ2) is 6.16. The van der Waals surface area contributed by atoms with Crippen LogP contribution in [0.5, 0.6) is 11.5 Å². The van der Waals surface area contributed by atoms with Crippen LogP contribution in [0.1, 0.15) is 54.4 Å². The third-order valence-electron chi connectivity index (χ3n) is 8.43. The number of hydrogen-bond donors (Lipinski definition) is 3. The normalized spacial score (nSPS) is 35.0. The van der Waals surface area contributed by atoms with Gasteiger partial charge in [0.1, 0.15) is 17.1 Å². The fraction of sp³-hybridized carbons (Fsp3) is 0.480. The molecule has 0 radical (unpaired) electrons. The van der Waals surface area contributed by atoms with Crippen LogP contribution in [0.25, 0.3) is 0 Å². The van der Waals surface area contributed by atoms with Crippen molar-refractivity contribution in [2.24, 2.45) is 23.2 Å². The Bertz CT molecular complexity index is 1010. The van der Waals surface area contributed by atoms with E-state index in [9.17, 15) is 15.0 Å². The van der Waals surface area contributed by atoms with E-state index in [0.29, 0.717) is 23.1 Å². The molecule has 0 aromatic heterocycles. The van der Waals surface area contributed by atoms with Gasteiger partial charge < -0.3 is 20.3 Å². The van der Waals surface area contributed by atoms with E-state index in [1.54, 1.807) is 12.1 Å². The molecule has 5 atom stereocenters. The van der Waals surface area contributed by atoms with Crippen LogP contribution in [0.3, 0.4) is 0 Å². The summed E-state index contributed by atoms with van der Waals surface area (Å²) < 4.78 is 6.26. The molecule has 0 saturated heterocycles. The summed E-state index contributed by atoms with van der Waals surface area (Å²) in [6.07, 6.45) is 7.37. The number of hydrogen-bond acceptors (Lipinski definition) is 5. The van der Waals surface area contributed by atoms with Crippen molar-refractivity contribution in [2.45, 2.75) is 50.7 Å². The van der Waals surface area contributed by atoms with Gasteiger partial charge in [-0.2, -0.15) is 0 Å². The summed E-state index contributed by atoms with van der Waals surface area (Å²) in [5.74, 6) is 2.45. The Balaban J connectivity index is 1.13. The van der Waals surface area contributed by atoms with Crippen molar-refractivity contribution in [2.75, 3.05) is 5.32 Å². The lowest BCUT2D eigenvalue weighted by Gasteiger charge is -2.57. The molecule has 4 fully saturated rings. The molecule has 0 amide bonds. The summed E-state index contributed by atoms with van der Waals surface area (Å²) in [6.45, 7) is 0.375. The summed E-state index contributed by atoms with van der Waals surface area (Å²) >= 11 is 0. The van der Waals surface area contributed by atoms with E-state index in [0.717, 1.165) is 36.3 Å². The van der Waals surface area contributed by atoms with Crippen molar-refractivity contribution in [3.05, 3.63) is 53.6 Å². The maximum absolute atomic E-state index is 13.0. The zero-order chi connectivity index (χ0) is 20.5. The lowest BCUT2D eigenvalue weighted by atomic mass is 9.52. The van der Waals surface area contributed by atoms with E-state index in [1.165, 1.54) is 43.9 Å². The zero-order valence-corrected chi connectivity index (χ0v) is 16.9. The molecular weight excluding hydrogens is 378 g/mol. The zero-order valence-electron chi connectivity index (χ0n) is 16.9. The Labute approximate surface area is 176 Å². The summed E-state index contributed by atoms with van der Waals surface area (Å²) in [5, 5.41) is 22.7. The van der Waals surface area contributed by atoms with Crippen LogP contribution in [-0.2, 0) is 11.3 Å². The molecule has 6 rings (SSSR count). The summed E-state index contributed by atoms with van der Waals surface area (Å²) in [4.78, 5) is 13.0. The number of nitrogens with one attached hydrogen (secondary N) is 1. The van der Waals surface area contributed by atoms with Crippen molar-refractivity contribution in [1.29, 1.82) is 0 Å². The van der Waals surface area contributed by atoms with Crippen molar-refractivity contribution in [1.82, 2.24) is 0 Å². The molecule has 5 unspecified atom stereocenters. The van der Waals surface area contributed by atoms with Crippen LogP contribution >= 0.6 is 0 Å². The van der Waals surface area contributed by atoms with Crippen LogP contribution in [0, 0.1) is 23.2 Å². The van der Waals surface area contributed by atoms with Gasteiger partial charge in [0.05, 0.1) is 5.56 Å². The smallest absolute Gasteiger partial charge is 0.338 e. The molecule has 4 aliphatic carbocycles. The van der Waals surface area contributed by atoms with Crippen LogP contribution in [0.4, 0.5) is 5.69 Å². The lowest BCUT2D eigenvalue weighted by Crippen LogP contribution is -2.60. The van der Waals surface area contributed by atoms with Gasteiger partial charge in [0.25, 0.3) is 0 Å². The van der Waals surface area contributed by atoms with Crippen LogP contribution < -0.4 is 5.32 Å². The molecule has 3 N–H and O–H groups in total. The quantitative estimate of drug-likeness (QED) is 0.490. The maximum atomic E-state index is 13.0. The second-order valence-corrected chi connectivity index (χ2v) is 10.0. The molecule has 2 aromatic carbocycles. The third-order valence-corrected chi connectivity index (χ3v) is 8.43. The van der Waals surface area contributed by atoms with E-state index in [1.807, 2.05) is 12.1 Å². The summed E-state index contributed by atoms with van der Waals surface area (Å²) in [6, 6.07) is 11.8. The molecule has 1 spiro atoms. The van der Waals surface area contributed by atoms with Gasteiger partial charge in [-0.3, -0.25) is 0 Å². The number of anilines is 1. The molecule has 5 nitrogen and oxygen atoms in total. The molecule has 5 heteroatoms. The van der Waals surface area contributed by atoms with Gasteiger partial charge in [0, 0.05) is 23.2 Å². The SMILES string of the molecule is O=C(OC12CC3CC4CC(C1)C2(C4)C3)c1ccc(NCc2cc(O)ccc2O)cc1. The van der Waals surface area contributed by atoms with E-state index in [-0.39, 0.29) is 23.1 Å². The van der Waals surface area contributed by atoms with Gasteiger partial charge >= 0.3 is 5.97 Å². The predicted octanol–water partition coefficient (Wildman–Crippen LogP) is 4.84. The van der Waals surface area contributed by atoms with Crippen molar-refractivity contribution < 1.29 is 19.7 Å². The van der Waals surface area contributed by atoms with Crippen molar-refractivity contribution in [3.8, 4) is 11.5 Å². The van der Waals surface area contributed by atoms with E-state index < -0.39 is 0 Å². The number of phenols is 2. The molecule has 0 heterocycles. The largest absolute Gasteiger partial charge is 0.508 e. The molecule has 4 aliphatic rings. The standard InChI is InChI=1S/C25H27NO4/c27-21-5-6-22(28)18(9-21)14-26-20-3-1-17(2-4-20)23(29)30-25-12-16-7-15-8-19(13-25)24(25,10-15)11-16/h1-6,9,15-16,19,26-28H,7-8,10-14H2. The Morgan fingerprint density at radius 3 is 2.63 bits per heavy atom. The van der Waals surface area contributed by atoms with Gasteiger partial charge in [-0.15, -0.1) is 0 Å². The van der Waals surface area contributed by atoms with Gasteiger partial charge in [-0.1, -0.05) is 0 Å². The monoisotopic (exact) mass is 405 g/mol. The topological polar surface area (TPSA) is 78.8 Å². The summed E-state index contributed by atoms with van der Waals surface area (Å²) in [7, 11) is 0. The van der Waals surface area contributed by atoms with Crippen LogP contribution in [0.2, 0.25) is 0 Å².